The zero-order chi connectivity index (χ0) is 40.7. The van der Waals surface area contributed by atoms with Crippen LogP contribution in [0.3, 0.4) is 0 Å². The lowest BCUT2D eigenvalue weighted by Crippen LogP contribution is -2.45. The third-order valence-corrected chi connectivity index (χ3v) is 11.1. The molecule has 0 spiro atoms. The minimum absolute atomic E-state index is 0.0546. The second-order valence-electron chi connectivity index (χ2n) is 16.8. The molecule has 3 N–H and O–H groups in total. The molecule has 0 saturated heterocycles. The van der Waals surface area contributed by atoms with E-state index in [4.69, 9.17) is 9.05 Å². The molecule has 0 aliphatic heterocycles. The predicted molar refractivity (Wildman–Crippen MR) is 235 cm³/mol. The summed E-state index contributed by atoms with van der Waals surface area (Å²) < 4.78 is 23.5. The topological polar surface area (TPSA) is 105 Å². The number of hydrogen-bond donors (Lipinski definition) is 3. The largest absolute Gasteiger partial charge is 0.472 e. The minimum atomic E-state index is -4.35. The molecule has 0 aromatic carbocycles. The van der Waals surface area contributed by atoms with Crippen LogP contribution in [0.5, 0.6) is 0 Å². The molecule has 0 aliphatic rings. The van der Waals surface area contributed by atoms with E-state index in [1.807, 2.05) is 27.2 Å². The molecule has 8 nitrogen and oxygen atoms in total. The van der Waals surface area contributed by atoms with Crippen LogP contribution in [0.25, 0.3) is 0 Å². The monoisotopic (exact) mass is 798 g/mol. The highest BCUT2D eigenvalue weighted by Gasteiger charge is 2.27. The van der Waals surface area contributed by atoms with E-state index in [0.717, 1.165) is 44.9 Å². The molecule has 55 heavy (non-hydrogen) atoms. The van der Waals surface area contributed by atoms with Crippen LogP contribution in [0.15, 0.2) is 36.5 Å². The van der Waals surface area contributed by atoms with Gasteiger partial charge in [0.1, 0.15) is 13.2 Å². The molecule has 324 valence electrons. The Hall–Kier alpha value is -1.28. The zero-order valence-electron chi connectivity index (χ0n) is 36.7. The number of unbranched alkanes of at least 4 members (excludes halogenated alkanes) is 24. The molecule has 0 radical (unpaired) electrons. The van der Waals surface area contributed by atoms with Gasteiger partial charge in [0.05, 0.1) is 39.9 Å². The van der Waals surface area contributed by atoms with Gasteiger partial charge in [0.2, 0.25) is 5.91 Å². The summed E-state index contributed by atoms with van der Waals surface area (Å²) in [7, 11) is 1.55. The van der Waals surface area contributed by atoms with Crippen molar-refractivity contribution in [2.24, 2.45) is 0 Å². The highest BCUT2D eigenvalue weighted by atomic mass is 31.2. The number of quaternary nitrogens is 1. The first-order valence-corrected chi connectivity index (χ1v) is 24.4. The Bertz CT molecular complexity index is 995. The molecule has 0 aromatic heterocycles. The van der Waals surface area contributed by atoms with Crippen LogP contribution < -0.4 is 5.32 Å². The van der Waals surface area contributed by atoms with Crippen molar-refractivity contribution in [3.8, 4) is 0 Å². The maximum absolute atomic E-state index is 12.9. The van der Waals surface area contributed by atoms with Crippen LogP contribution in [-0.4, -0.2) is 73.4 Å². The van der Waals surface area contributed by atoms with Crippen LogP contribution in [0.4, 0.5) is 0 Å². The normalized spacial score (nSPS) is 14.7. The summed E-state index contributed by atoms with van der Waals surface area (Å²) in [5.41, 5.74) is 0. The lowest BCUT2D eigenvalue weighted by atomic mass is 10.0. The first-order valence-electron chi connectivity index (χ1n) is 22.9. The number of nitrogens with zero attached hydrogens (tertiary/aromatic N) is 1. The number of phosphoric ester groups is 1. The van der Waals surface area contributed by atoms with E-state index in [9.17, 15) is 19.4 Å². The molecule has 0 bridgehead atoms. The molecule has 0 saturated carbocycles. The van der Waals surface area contributed by atoms with E-state index >= 15 is 0 Å². The highest BCUT2D eigenvalue weighted by molar-refractivity contribution is 7.47. The summed E-state index contributed by atoms with van der Waals surface area (Å²) in [4.78, 5) is 23.1. The molecule has 0 heterocycles. The molecular weight excluding hydrogens is 707 g/mol. The van der Waals surface area contributed by atoms with Crippen LogP contribution in [0.2, 0.25) is 0 Å². The summed E-state index contributed by atoms with van der Waals surface area (Å²) >= 11 is 0. The van der Waals surface area contributed by atoms with Crippen molar-refractivity contribution in [1.82, 2.24) is 5.32 Å². The molecule has 0 aromatic rings. The van der Waals surface area contributed by atoms with Gasteiger partial charge < -0.3 is 19.8 Å². The molecule has 9 heteroatoms. The van der Waals surface area contributed by atoms with Gasteiger partial charge in [-0.2, -0.15) is 0 Å². The fourth-order valence-electron chi connectivity index (χ4n) is 6.43. The second-order valence-corrected chi connectivity index (χ2v) is 18.2. The molecule has 1 amide bonds. The maximum Gasteiger partial charge on any atom is 0.472 e. The number of amides is 1. The Morgan fingerprint density at radius 3 is 1.45 bits per heavy atom. The zero-order valence-corrected chi connectivity index (χ0v) is 37.6. The van der Waals surface area contributed by atoms with Crippen molar-refractivity contribution in [2.75, 3.05) is 40.9 Å². The summed E-state index contributed by atoms with van der Waals surface area (Å²) in [6.45, 7) is 4.77. The minimum Gasteiger partial charge on any atom is -0.387 e. The first-order chi connectivity index (χ1) is 26.5. The van der Waals surface area contributed by atoms with E-state index in [1.54, 1.807) is 6.08 Å². The van der Waals surface area contributed by atoms with Gasteiger partial charge in [-0.25, -0.2) is 4.57 Å². The maximum atomic E-state index is 12.9. The van der Waals surface area contributed by atoms with Crippen molar-refractivity contribution in [2.45, 2.75) is 212 Å². The van der Waals surface area contributed by atoms with E-state index in [-0.39, 0.29) is 19.1 Å². The standard InChI is InChI=1S/C46H89N2O6P/c1-6-8-10-12-14-16-18-20-22-23-24-26-28-30-32-34-36-38-40-46(50)47-44(43-54-55(51,52)53-42-41-48(3,4)5)45(49)39-37-35-33-31-29-27-25-21-19-17-15-13-11-9-7-2/h19,21,29,31,37,39,44-45,49H,6-18,20,22-28,30,32-36,38,40-43H2,1-5H3,(H-,47,50,51,52)/p+1/b21-19+,31-29+,39-37+. The van der Waals surface area contributed by atoms with Gasteiger partial charge in [-0.3, -0.25) is 13.8 Å². The highest BCUT2D eigenvalue weighted by Crippen LogP contribution is 2.43. The van der Waals surface area contributed by atoms with Crippen LogP contribution in [0, 0.1) is 0 Å². The van der Waals surface area contributed by atoms with Crippen molar-refractivity contribution in [3.63, 3.8) is 0 Å². The van der Waals surface area contributed by atoms with Gasteiger partial charge in [-0.1, -0.05) is 185 Å². The summed E-state index contributed by atoms with van der Waals surface area (Å²) in [6.07, 6.45) is 46.4. The number of nitrogens with one attached hydrogen (secondary N) is 1. The van der Waals surface area contributed by atoms with Gasteiger partial charge in [0.15, 0.2) is 0 Å². The number of likely N-dealkylation sites (N-methyl/N-ethyl adjacent to an activating group) is 1. The number of carbonyl (C=O) groups is 1. The average molecular weight is 798 g/mol. The van der Waals surface area contributed by atoms with Crippen molar-refractivity contribution in [3.05, 3.63) is 36.5 Å². The lowest BCUT2D eigenvalue weighted by molar-refractivity contribution is -0.870. The van der Waals surface area contributed by atoms with E-state index in [0.29, 0.717) is 17.4 Å². The summed E-state index contributed by atoms with van der Waals surface area (Å²) in [5.74, 6) is -0.190. The van der Waals surface area contributed by atoms with Gasteiger partial charge in [0, 0.05) is 6.42 Å². The SMILES string of the molecule is CCCCCCC/C=C/CC/C=C/CC/C=C/C(O)C(COP(=O)(O)OCC[N+](C)(C)C)NC(=O)CCCCCCCCCCCCCCCCCCCC. The van der Waals surface area contributed by atoms with Crippen molar-refractivity contribution in [1.29, 1.82) is 0 Å². The Labute approximate surface area is 340 Å². The summed E-state index contributed by atoms with van der Waals surface area (Å²) in [6, 6.07) is -0.865. The Morgan fingerprint density at radius 2 is 1.00 bits per heavy atom. The van der Waals surface area contributed by atoms with Gasteiger partial charge >= 0.3 is 7.82 Å². The fraction of sp³-hybridized carbons (Fsp3) is 0.848. The second kappa shape index (κ2) is 38.2. The van der Waals surface area contributed by atoms with Crippen LogP contribution in [0.1, 0.15) is 200 Å². The lowest BCUT2D eigenvalue weighted by Gasteiger charge is -2.25. The van der Waals surface area contributed by atoms with Gasteiger partial charge in [-0.15, -0.1) is 0 Å². The molecule has 3 unspecified atom stereocenters. The average Bonchev–Trinajstić information content (AvgIpc) is 3.13. The molecule has 0 fully saturated rings. The first kappa shape index (κ1) is 53.7. The Balaban J connectivity index is 4.44. The van der Waals surface area contributed by atoms with E-state index in [1.165, 1.54) is 135 Å². The molecular formula is C46H90N2O6P+. The number of phosphoric acid groups is 1. The number of rotatable bonds is 41. The molecule has 3 atom stereocenters. The molecule has 0 rings (SSSR count). The predicted octanol–water partition coefficient (Wildman–Crippen LogP) is 12.7. The van der Waals surface area contributed by atoms with E-state index in [2.05, 4.69) is 43.5 Å². The number of aliphatic hydroxyl groups is 1. The third-order valence-electron chi connectivity index (χ3n) is 10.1. The third kappa shape index (κ3) is 40.7. The Kier molecular flexibility index (Phi) is 37.4. The summed E-state index contributed by atoms with van der Waals surface area (Å²) in [5, 5.41) is 13.8. The number of hydrogen-bond acceptors (Lipinski definition) is 5. The number of carbonyl (C=O) groups excluding carboxylic acids is 1. The van der Waals surface area contributed by atoms with Gasteiger partial charge in [0.25, 0.3) is 0 Å². The van der Waals surface area contributed by atoms with Crippen LogP contribution in [-0.2, 0) is 18.4 Å². The van der Waals surface area contributed by atoms with Crippen molar-refractivity contribution < 1.29 is 32.9 Å². The fourth-order valence-corrected chi connectivity index (χ4v) is 7.16. The number of allylic oxidation sites excluding steroid dienone is 5. The van der Waals surface area contributed by atoms with Crippen LogP contribution >= 0.6 is 7.82 Å². The number of aliphatic hydroxyl groups excluding tert-OH is 1. The van der Waals surface area contributed by atoms with E-state index < -0.39 is 20.0 Å². The molecule has 0 aliphatic carbocycles. The van der Waals surface area contributed by atoms with Gasteiger partial charge in [-0.05, 0) is 44.9 Å². The van der Waals surface area contributed by atoms with Crippen molar-refractivity contribution >= 4 is 13.7 Å². The smallest absolute Gasteiger partial charge is 0.387 e. The quantitative estimate of drug-likeness (QED) is 0.0246. The Morgan fingerprint density at radius 1 is 0.600 bits per heavy atom.